The number of carbonyl (C=O) groups excluding carboxylic acids is 2. The lowest BCUT2D eigenvalue weighted by Gasteiger charge is -2.47. The van der Waals surface area contributed by atoms with Gasteiger partial charge in [-0.15, -0.1) is 0 Å². The zero-order valence-electron chi connectivity index (χ0n) is 15.9. The van der Waals surface area contributed by atoms with E-state index in [0.29, 0.717) is 11.5 Å². The van der Waals surface area contributed by atoms with E-state index in [4.69, 9.17) is 0 Å². The molecule has 1 unspecified atom stereocenters. The Hall–Kier alpha value is -1.82. The number of halogens is 1. The maximum Gasteiger partial charge on any atom is 0.293 e. The molecule has 1 saturated heterocycles. The third-order valence-corrected chi connectivity index (χ3v) is 6.19. The molecule has 0 spiro atoms. The summed E-state index contributed by atoms with van der Waals surface area (Å²) in [5.41, 5.74) is 2.38. The number of nitrogens with zero attached hydrogens (tertiary/aromatic N) is 2. The molecular weight excluding hydrogens is 351 g/mol. The Bertz CT molecular complexity index is 803. The fraction of sp³-hybridized carbons (Fsp3) is 0.500. The number of thioether (sulfide) groups is 1. The molecule has 0 saturated carbocycles. The molecule has 0 aromatic heterocycles. The standard InChI is InChI=1S/C20H25FN2O2S/c1-6-7-23-16-10-15(21)13(8-14(16)12(2)11-20(23,3)4)9-17-18(24)22(5)19(25)26-17/h8-10,12H,6-7,11H2,1-5H3/b17-9-. The molecule has 2 aliphatic rings. The smallest absolute Gasteiger partial charge is 0.293 e. The monoisotopic (exact) mass is 376 g/mol. The number of benzene rings is 1. The van der Waals surface area contributed by atoms with Crippen molar-refractivity contribution in [1.29, 1.82) is 0 Å². The van der Waals surface area contributed by atoms with Crippen molar-refractivity contribution in [2.75, 3.05) is 18.5 Å². The van der Waals surface area contributed by atoms with Gasteiger partial charge in [0.05, 0.1) is 4.91 Å². The summed E-state index contributed by atoms with van der Waals surface area (Å²) in [4.78, 5) is 27.4. The number of rotatable bonds is 3. The van der Waals surface area contributed by atoms with Gasteiger partial charge in [0.15, 0.2) is 0 Å². The largest absolute Gasteiger partial charge is 0.366 e. The van der Waals surface area contributed by atoms with Crippen LogP contribution in [0.2, 0.25) is 0 Å². The molecule has 2 heterocycles. The Balaban J connectivity index is 2.06. The Morgan fingerprint density at radius 1 is 1.35 bits per heavy atom. The molecule has 1 atom stereocenters. The first-order chi connectivity index (χ1) is 12.2. The average Bonchev–Trinajstić information content (AvgIpc) is 2.79. The van der Waals surface area contributed by atoms with Crippen molar-refractivity contribution in [3.63, 3.8) is 0 Å². The molecule has 1 aromatic carbocycles. The van der Waals surface area contributed by atoms with Crippen molar-refractivity contribution in [3.05, 3.63) is 34.0 Å². The molecule has 2 amide bonds. The predicted molar refractivity (Wildman–Crippen MR) is 105 cm³/mol. The molecule has 0 N–H and O–H groups in total. The summed E-state index contributed by atoms with van der Waals surface area (Å²) in [5.74, 6) is -0.446. The van der Waals surface area contributed by atoms with Gasteiger partial charge in [-0.1, -0.05) is 13.8 Å². The van der Waals surface area contributed by atoms with E-state index in [2.05, 4.69) is 32.6 Å². The summed E-state index contributed by atoms with van der Waals surface area (Å²) in [6.07, 6.45) is 3.47. The van der Waals surface area contributed by atoms with Crippen LogP contribution in [0.3, 0.4) is 0 Å². The molecular formula is C20H25FN2O2S. The maximum absolute atomic E-state index is 14.9. The molecule has 0 bridgehead atoms. The highest BCUT2D eigenvalue weighted by Gasteiger charge is 2.37. The van der Waals surface area contributed by atoms with Crippen LogP contribution in [-0.2, 0) is 4.79 Å². The molecule has 6 heteroatoms. The van der Waals surface area contributed by atoms with Gasteiger partial charge in [-0.3, -0.25) is 14.5 Å². The molecule has 2 aliphatic heterocycles. The van der Waals surface area contributed by atoms with Crippen molar-refractivity contribution in [2.45, 2.75) is 52.0 Å². The zero-order valence-corrected chi connectivity index (χ0v) is 16.7. The minimum atomic E-state index is -0.376. The Labute approximate surface area is 158 Å². The molecule has 0 aliphatic carbocycles. The van der Waals surface area contributed by atoms with E-state index in [0.717, 1.165) is 47.3 Å². The second-order valence-corrected chi connectivity index (χ2v) is 8.74. The number of imide groups is 1. The highest BCUT2D eigenvalue weighted by molar-refractivity contribution is 8.18. The second-order valence-electron chi connectivity index (χ2n) is 7.74. The quantitative estimate of drug-likeness (QED) is 0.697. The summed E-state index contributed by atoms with van der Waals surface area (Å²) in [5, 5.41) is -0.330. The molecule has 0 radical (unpaired) electrons. The highest BCUT2D eigenvalue weighted by atomic mass is 32.2. The third-order valence-electron chi connectivity index (χ3n) is 5.22. The van der Waals surface area contributed by atoms with Crippen LogP contribution in [0.4, 0.5) is 14.9 Å². The molecule has 1 aromatic rings. The van der Waals surface area contributed by atoms with E-state index in [-0.39, 0.29) is 27.4 Å². The maximum atomic E-state index is 14.9. The van der Waals surface area contributed by atoms with E-state index in [1.165, 1.54) is 13.1 Å². The van der Waals surface area contributed by atoms with Crippen LogP contribution >= 0.6 is 11.8 Å². The van der Waals surface area contributed by atoms with Gasteiger partial charge < -0.3 is 4.90 Å². The van der Waals surface area contributed by atoms with E-state index in [1.54, 1.807) is 6.07 Å². The van der Waals surface area contributed by atoms with Crippen molar-refractivity contribution in [2.24, 2.45) is 0 Å². The minimum Gasteiger partial charge on any atom is -0.366 e. The van der Waals surface area contributed by atoms with Crippen LogP contribution in [0.25, 0.3) is 6.08 Å². The molecule has 26 heavy (non-hydrogen) atoms. The van der Waals surface area contributed by atoms with Gasteiger partial charge in [-0.2, -0.15) is 0 Å². The lowest BCUT2D eigenvalue weighted by molar-refractivity contribution is -0.121. The van der Waals surface area contributed by atoms with Gasteiger partial charge in [0.2, 0.25) is 0 Å². The van der Waals surface area contributed by atoms with E-state index < -0.39 is 0 Å². The van der Waals surface area contributed by atoms with Crippen molar-refractivity contribution < 1.29 is 14.0 Å². The van der Waals surface area contributed by atoms with Crippen molar-refractivity contribution in [1.82, 2.24) is 4.90 Å². The molecule has 4 nitrogen and oxygen atoms in total. The summed E-state index contributed by atoms with van der Waals surface area (Å²) in [6, 6.07) is 3.43. The lowest BCUT2D eigenvalue weighted by atomic mass is 9.79. The Morgan fingerprint density at radius 3 is 2.62 bits per heavy atom. The normalized spacial score (nSPS) is 23.8. The van der Waals surface area contributed by atoms with E-state index >= 15 is 0 Å². The van der Waals surface area contributed by atoms with Crippen LogP contribution in [0.15, 0.2) is 17.0 Å². The summed E-state index contributed by atoms with van der Waals surface area (Å²) in [7, 11) is 1.44. The average molecular weight is 376 g/mol. The van der Waals surface area contributed by atoms with Crippen LogP contribution in [0, 0.1) is 5.82 Å². The topological polar surface area (TPSA) is 40.6 Å². The fourth-order valence-electron chi connectivity index (χ4n) is 3.97. The Morgan fingerprint density at radius 2 is 2.04 bits per heavy atom. The number of hydrogen-bond acceptors (Lipinski definition) is 4. The number of carbonyl (C=O) groups is 2. The van der Waals surface area contributed by atoms with Crippen LogP contribution in [0.5, 0.6) is 0 Å². The van der Waals surface area contributed by atoms with Gasteiger partial charge in [-0.05, 0) is 68.1 Å². The summed E-state index contributed by atoms with van der Waals surface area (Å²) >= 11 is 0.853. The number of fused-ring (bicyclic) bond motifs is 1. The Kier molecular flexibility index (Phi) is 4.90. The van der Waals surface area contributed by atoms with Gasteiger partial charge >= 0.3 is 0 Å². The summed E-state index contributed by atoms with van der Waals surface area (Å²) in [6.45, 7) is 9.56. The van der Waals surface area contributed by atoms with Crippen LogP contribution < -0.4 is 4.90 Å². The first-order valence-corrected chi connectivity index (χ1v) is 9.80. The SMILES string of the molecule is CCCN1c2cc(F)c(/C=C3\SC(=O)N(C)C3=O)cc2C(C)CC1(C)C. The molecule has 1 fully saturated rings. The first kappa shape index (κ1) is 19.0. The zero-order chi connectivity index (χ0) is 19.2. The van der Waals surface area contributed by atoms with E-state index in [9.17, 15) is 14.0 Å². The number of amides is 2. The number of likely N-dealkylation sites (N-methyl/N-ethyl adjacent to an activating group) is 1. The lowest BCUT2D eigenvalue weighted by Crippen LogP contribution is -2.48. The number of hydrogen-bond donors (Lipinski definition) is 0. The molecule has 3 rings (SSSR count). The molecule has 140 valence electrons. The van der Waals surface area contributed by atoms with Crippen LogP contribution in [0.1, 0.15) is 57.6 Å². The van der Waals surface area contributed by atoms with Gasteiger partial charge in [-0.25, -0.2) is 4.39 Å². The fourth-order valence-corrected chi connectivity index (χ4v) is 4.78. The highest BCUT2D eigenvalue weighted by Crippen LogP contribution is 2.44. The predicted octanol–water partition coefficient (Wildman–Crippen LogP) is 4.99. The van der Waals surface area contributed by atoms with Gasteiger partial charge in [0, 0.05) is 30.4 Å². The van der Waals surface area contributed by atoms with E-state index in [1.807, 2.05) is 6.07 Å². The van der Waals surface area contributed by atoms with Crippen molar-refractivity contribution in [3.8, 4) is 0 Å². The van der Waals surface area contributed by atoms with Crippen LogP contribution in [-0.4, -0.2) is 35.2 Å². The first-order valence-electron chi connectivity index (χ1n) is 8.98. The minimum absolute atomic E-state index is 0.0265. The number of anilines is 1. The van der Waals surface area contributed by atoms with Crippen molar-refractivity contribution >= 4 is 34.7 Å². The second kappa shape index (κ2) is 6.72. The van der Waals surface area contributed by atoms with Gasteiger partial charge in [0.25, 0.3) is 11.1 Å². The van der Waals surface area contributed by atoms with Gasteiger partial charge in [0.1, 0.15) is 5.82 Å². The summed E-state index contributed by atoms with van der Waals surface area (Å²) < 4.78 is 14.9. The third kappa shape index (κ3) is 3.15.